The Kier molecular flexibility index (Phi) is 4.82. The highest BCUT2D eigenvalue weighted by Crippen LogP contribution is 2.12. The van der Waals surface area contributed by atoms with Crippen LogP contribution in [0.4, 0.5) is 0 Å². The molecule has 25 heavy (non-hydrogen) atoms. The summed E-state index contributed by atoms with van der Waals surface area (Å²) in [6.07, 6.45) is 3.61. The second-order valence-corrected chi connectivity index (χ2v) is 7.03. The molecule has 0 aliphatic rings. The molecule has 0 saturated heterocycles. The number of sulfonamides is 1. The van der Waals surface area contributed by atoms with Crippen molar-refractivity contribution in [2.45, 2.75) is 18.4 Å². The van der Waals surface area contributed by atoms with Crippen LogP contribution in [0.1, 0.15) is 23.0 Å². The van der Waals surface area contributed by atoms with E-state index >= 15 is 0 Å². The van der Waals surface area contributed by atoms with Gasteiger partial charge < -0.3 is 9.14 Å². The van der Waals surface area contributed by atoms with Gasteiger partial charge in [0.1, 0.15) is 5.65 Å². The van der Waals surface area contributed by atoms with Crippen molar-refractivity contribution in [2.75, 3.05) is 6.61 Å². The van der Waals surface area contributed by atoms with Crippen LogP contribution in [0.25, 0.3) is 5.65 Å². The molecule has 0 bridgehead atoms. The number of esters is 1. The van der Waals surface area contributed by atoms with Gasteiger partial charge in [-0.1, -0.05) is 6.07 Å². The van der Waals surface area contributed by atoms with Gasteiger partial charge in [0.25, 0.3) is 0 Å². The number of benzene rings is 1. The third-order valence-corrected chi connectivity index (χ3v) is 4.95. The summed E-state index contributed by atoms with van der Waals surface area (Å²) in [5.41, 5.74) is 1.66. The largest absolute Gasteiger partial charge is 0.462 e. The SMILES string of the molecule is CCOC(=O)c1ccc(S(=O)(=O)NCc2cn3ccccc3n2)cc1. The molecule has 1 N–H and O–H groups in total. The van der Waals surface area contributed by atoms with Gasteiger partial charge >= 0.3 is 5.97 Å². The number of imidazole rings is 1. The van der Waals surface area contributed by atoms with E-state index in [0.29, 0.717) is 11.3 Å². The Morgan fingerprint density at radius 1 is 1.20 bits per heavy atom. The van der Waals surface area contributed by atoms with E-state index in [2.05, 4.69) is 9.71 Å². The minimum atomic E-state index is -3.70. The molecular formula is C17H17N3O4S. The van der Waals surface area contributed by atoms with Crippen molar-refractivity contribution >= 4 is 21.6 Å². The zero-order valence-corrected chi connectivity index (χ0v) is 14.4. The van der Waals surface area contributed by atoms with Crippen molar-refractivity contribution in [3.8, 4) is 0 Å². The van der Waals surface area contributed by atoms with E-state index in [4.69, 9.17) is 4.74 Å². The summed E-state index contributed by atoms with van der Waals surface area (Å²) in [6, 6.07) is 11.2. The van der Waals surface area contributed by atoms with Gasteiger partial charge in [0.05, 0.1) is 29.3 Å². The lowest BCUT2D eigenvalue weighted by atomic mass is 10.2. The average Bonchev–Trinajstić information content (AvgIpc) is 3.03. The number of nitrogens with zero attached hydrogens (tertiary/aromatic N) is 2. The summed E-state index contributed by atoms with van der Waals surface area (Å²) < 4.78 is 33.9. The van der Waals surface area contributed by atoms with Crippen molar-refractivity contribution in [3.63, 3.8) is 0 Å². The minimum Gasteiger partial charge on any atom is -0.462 e. The summed E-state index contributed by atoms with van der Waals surface area (Å²) in [4.78, 5) is 16.0. The van der Waals surface area contributed by atoms with Crippen LogP contribution >= 0.6 is 0 Å². The molecule has 3 rings (SSSR count). The zero-order chi connectivity index (χ0) is 17.9. The van der Waals surface area contributed by atoms with Gasteiger partial charge in [-0.3, -0.25) is 0 Å². The first-order valence-electron chi connectivity index (χ1n) is 7.69. The maximum absolute atomic E-state index is 12.4. The van der Waals surface area contributed by atoms with Crippen molar-refractivity contribution < 1.29 is 17.9 Å². The lowest BCUT2D eigenvalue weighted by molar-refractivity contribution is 0.0526. The van der Waals surface area contributed by atoms with Gasteiger partial charge in [0.15, 0.2) is 0 Å². The van der Waals surface area contributed by atoms with Crippen LogP contribution in [0, 0.1) is 0 Å². The second kappa shape index (κ2) is 7.04. The molecule has 0 aliphatic heterocycles. The molecular weight excluding hydrogens is 342 g/mol. The van der Waals surface area contributed by atoms with Crippen molar-refractivity contribution in [1.29, 1.82) is 0 Å². The molecule has 0 unspecified atom stereocenters. The van der Waals surface area contributed by atoms with Crippen LogP contribution in [0.5, 0.6) is 0 Å². The summed E-state index contributed by atoms with van der Waals surface area (Å²) in [5, 5.41) is 0. The Morgan fingerprint density at radius 2 is 1.96 bits per heavy atom. The number of ether oxygens (including phenoxy) is 1. The zero-order valence-electron chi connectivity index (χ0n) is 13.5. The van der Waals surface area contributed by atoms with E-state index in [9.17, 15) is 13.2 Å². The Labute approximate surface area is 145 Å². The van der Waals surface area contributed by atoms with E-state index in [1.807, 2.05) is 28.8 Å². The number of fused-ring (bicyclic) bond motifs is 1. The molecule has 0 aliphatic carbocycles. The first kappa shape index (κ1) is 17.1. The van der Waals surface area contributed by atoms with Crippen LogP contribution in [-0.4, -0.2) is 30.4 Å². The van der Waals surface area contributed by atoms with E-state index in [1.54, 1.807) is 13.1 Å². The molecule has 0 amide bonds. The van der Waals surface area contributed by atoms with E-state index < -0.39 is 16.0 Å². The number of rotatable bonds is 6. The molecule has 2 aromatic heterocycles. The lowest BCUT2D eigenvalue weighted by Gasteiger charge is -2.06. The highest BCUT2D eigenvalue weighted by molar-refractivity contribution is 7.89. The lowest BCUT2D eigenvalue weighted by Crippen LogP contribution is -2.23. The first-order chi connectivity index (χ1) is 12.0. The number of aromatic nitrogens is 2. The van der Waals surface area contributed by atoms with E-state index in [0.717, 1.165) is 5.65 Å². The summed E-state index contributed by atoms with van der Waals surface area (Å²) in [5.74, 6) is -0.482. The number of hydrogen-bond acceptors (Lipinski definition) is 5. The molecule has 0 radical (unpaired) electrons. The van der Waals surface area contributed by atoms with E-state index in [-0.39, 0.29) is 18.0 Å². The number of pyridine rings is 1. The smallest absolute Gasteiger partial charge is 0.338 e. The molecule has 7 nitrogen and oxygen atoms in total. The number of carbonyl (C=O) groups is 1. The third kappa shape index (κ3) is 3.86. The fourth-order valence-electron chi connectivity index (χ4n) is 2.31. The molecule has 0 fully saturated rings. The predicted octanol–water partition coefficient (Wildman–Crippen LogP) is 1.99. The maximum atomic E-state index is 12.4. The number of carbonyl (C=O) groups excluding carboxylic acids is 1. The van der Waals surface area contributed by atoms with Crippen LogP contribution in [0.2, 0.25) is 0 Å². The standard InChI is InChI=1S/C17H17N3O4S/c1-2-24-17(21)13-6-8-15(9-7-13)25(22,23)18-11-14-12-20-10-4-3-5-16(20)19-14/h3-10,12,18H,2,11H2,1H3. The monoisotopic (exact) mass is 359 g/mol. The molecule has 0 atom stereocenters. The van der Waals surface area contributed by atoms with Crippen LogP contribution in [0.15, 0.2) is 59.8 Å². The van der Waals surface area contributed by atoms with Crippen LogP contribution < -0.4 is 4.72 Å². The van der Waals surface area contributed by atoms with E-state index in [1.165, 1.54) is 24.3 Å². The molecule has 1 aromatic carbocycles. The fraction of sp³-hybridized carbons (Fsp3) is 0.176. The van der Waals surface area contributed by atoms with Gasteiger partial charge in [-0.2, -0.15) is 0 Å². The highest BCUT2D eigenvalue weighted by atomic mass is 32.2. The Balaban J connectivity index is 1.71. The highest BCUT2D eigenvalue weighted by Gasteiger charge is 2.16. The van der Waals surface area contributed by atoms with Gasteiger partial charge in [-0.15, -0.1) is 0 Å². The summed E-state index contributed by atoms with van der Waals surface area (Å²) in [7, 11) is -3.70. The molecule has 0 spiro atoms. The topological polar surface area (TPSA) is 89.8 Å². The maximum Gasteiger partial charge on any atom is 0.338 e. The van der Waals surface area contributed by atoms with Crippen molar-refractivity contribution in [3.05, 3.63) is 66.1 Å². The second-order valence-electron chi connectivity index (χ2n) is 5.27. The Morgan fingerprint density at radius 3 is 2.64 bits per heavy atom. The third-order valence-electron chi connectivity index (χ3n) is 3.53. The normalized spacial score (nSPS) is 11.6. The molecule has 0 saturated carbocycles. The summed E-state index contributed by atoms with van der Waals surface area (Å²) in [6.45, 7) is 2.04. The van der Waals surface area contributed by atoms with Gasteiger partial charge in [-0.25, -0.2) is 22.9 Å². The van der Waals surface area contributed by atoms with Crippen LogP contribution in [-0.2, 0) is 21.3 Å². The van der Waals surface area contributed by atoms with Gasteiger partial charge in [-0.05, 0) is 43.3 Å². The minimum absolute atomic E-state index is 0.0731. The van der Waals surface area contributed by atoms with Gasteiger partial charge in [0.2, 0.25) is 10.0 Å². The predicted molar refractivity (Wildman–Crippen MR) is 91.6 cm³/mol. The molecule has 3 aromatic rings. The molecule has 130 valence electrons. The first-order valence-corrected chi connectivity index (χ1v) is 9.17. The fourth-order valence-corrected chi connectivity index (χ4v) is 3.31. The van der Waals surface area contributed by atoms with Crippen LogP contribution in [0.3, 0.4) is 0 Å². The Hall–Kier alpha value is -2.71. The van der Waals surface area contributed by atoms with Crippen molar-refractivity contribution in [2.24, 2.45) is 0 Å². The summed E-state index contributed by atoms with van der Waals surface area (Å²) >= 11 is 0. The van der Waals surface area contributed by atoms with Crippen molar-refractivity contribution in [1.82, 2.24) is 14.1 Å². The number of hydrogen-bond donors (Lipinski definition) is 1. The Bertz CT molecular complexity index is 961. The molecule has 8 heteroatoms. The van der Waals surface area contributed by atoms with Gasteiger partial charge in [0, 0.05) is 12.4 Å². The number of nitrogens with one attached hydrogen (secondary N) is 1. The average molecular weight is 359 g/mol. The molecule has 2 heterocycles. The quantitative estimate of drug-likeness (QED) is 0.680.